The van der Waals surface area contributed by atoms with Crippen LogP contribution >= 0.6 is 0 Å². The van der Waals surface area contributed by atoms with Crippen LogP contribution in [0.25, 0.3) is 5.70 Å². The van der Waals surface area contributed by atoms with Crippen LogP contribution in [0.3, 0.4) is 0 Å². The highest BCUT2D eigenvalue weighted by Gasteiger charge is 2.31. The number of amides is 1. The van der Waals surface area contributed by atoms with Crippen LogP contribution in [0.5, 0.6) is 0 Å². The highest BCUT2D eigenvalue weighted by Crippen LogP contribution is 2.36. The number of allylic oxidation sites excluding steroid dienone is 1. The molecule has 0 spiro atoms. The summed E-state index contributed by atoms with van der Waals surface area (Å²) < 4.78 is 14.9. The summed E-state index contributed by atoms with van der Waals surface area (Å²) >= 11 is 0. The standard InChI is InChI=1S/C26H23FN6O/c1-18-7-11-21(12-8-18)23-15-24(20-5-3-2-4-6-20)33-26(29-30-31-33)32(23)17-25(34)28-16-19-9-13-22(27)14-10-19/h2-15,24H,16-17H2,1H3,(H,28,34). The summed E-state index contributed by atoms with van der Waals surface area (Å²) in [5.41, 5.74) is 4.83. The molecule has 2 heterocycles. The normalized spacial score (nSPS) is 14.9. The fourth-order valence-electron chi connectivity index (χ4n) is 3.99. The minimum Gasteiger partial charge on any atom is -0.350 e. The number of carbonyl (C=O) groups excluding carboxylic acids is 1. The molecule has 0 saturated carbocycles. The van der Waals surface area contributed by atoms with E-state index in [9.17, 15) is 9.18 Å². The van der Waals surface area contributed by atoms with E-state index in [1.54, 1.807) is 16.8 Å². The summed E-state index contributed by atoms with van der Waals surface area (Å²) in [4.78, 5) is 14.8. The summed E-state index contributed by atoms with van der Waals surface area (Å²) in [5.74, 6) is -0.0185. The predicted molar refractivity (Wildman–Crippen MR) is 127 cm³/mol. The van der Waals surface area contributed by atoms with Crippen molar-refractivity contribution < 1.29 is 9.18 Å². The molecule has 7 nitrogen and oxygen atoms in total. The van der Waals surface area contributed by atoms with E-state index in [1.807, 2.05) is 66.4 Å². The van der Waals surface area contributed by atoms with E-state index in [1.165, 1.54) is 12.1 Å². The second kappa shape index (κ2) is 9.27. The zero-order valence-corrected chi connectivity index (χ0v) is 18.6. The lowest BCUT2D eigenvalue weighted by molar-refractivity contribution is -0.119. The van der Waals surface area contributed by atoms with E-state index in [0.29, 0.717) is 12.5 Å². The second-order valence-electron chi connectivity index (χ2n) is 8.19. The molecule has 34 heavy (non-hydrogen) atoms. The Morgan fingerprint density at radius 3 is 2.47 bits per heavy atom. The number of fused-ring (bicyclic) bond motifs is 1. The minimum absolute atomic E-state index is 0.0305. The summed E-state index contributed by atoms with van der Waals surface area (Å²) in [6.45, 7) is 2.36. The van der Waals surface area contributed by atoms with E-state index in [4.69, 9.17) is 0 Å². The third-order valence-corrected chi connectivity index (χ3v) is 5.78. The lowest BCUT2D eigenvalue weighted by Gasteiger charge is -2.32. The number of anilines is 1. The van der Waals surface area contributed by atoms with Crippen molar-refractivity contribution in [2.45, 2.75) is 19.5 Å². The van der Waals surface area contributed by atoms with Gasteiger partial charge in [0.15, 0.2) is 0 Å². The Kier molecular flexibility index (Phi) is 5.86. The third kappa shape index (κ3) is 4.43. The SMILES string of the molecule is Cc1ccc(C2=CC(c3ccccc3)n3nnnc3N2CC(=O)NCc2ccc(F)cc2)cc1. The first-order valence-corrected chi connectivity index (χ1v) is 11.0. The monoisotopic (exact) mass is 454 g/mol. The van der Waals surface area contributed by atoms with Gasteiger partial charge in [0.05, 0.1) is 5.70 Å². The first-order valence-electron chi connectivity index (χ1n) is 11.0. The van der Waals surface area contributed by atoms with Gasteiger partial charge in [0.1, 0.15) is 18.4 Å². The van der Waals surface area contributed by atoms with Crippen molar-refractivity contribution in [3.63, 3.8) is 0 Å². The zero-order chi connectivity index (χ0) is 23.5. The van der Waals surface area contributed by atoms with E-state index in [0.717, 1.165) is 28.0 Å². The fourth-order valence-corrected chi connectivity index (χ4v) is 3.99. The van der Waals surface area contributed by atoms with Gasteiger partial charge in [-0.3, -0.25) is 9.69 Å². The van der Waals surface area contributed by atoms with Gasteiger partial charge in [0.2, 0.25) is 5.91 Å². The molecule has 0 radical (unpaired) electrons. The number of aromatic nitrogens is 4. The van der Waals surface area contributed by atoms with Gasteiger partial charge in [0.25, 0.3) is 5.95 Å². The molecule has 1 amide bonds. The van der Waals surface area contributed by atoms with Crippen molar-refractivity contribution in [2.75, 3.05) is 11.4 Å². The fraction of sp³-hybridized carbons (Fsp3) is 0.154. The van der Waals surface area contributed by atoms with Crippen molar-refractivity contribution in [1.29, 1.82) is 0 Å². The van der Waals surface area contributed by atoms with Gasteiger partial charge >= 0.3 is 0 Å². The smallest absolute Gasteiger partial charge is 0.251 e. The predicted octanol–water partition coefficient (Wildman–Crippen LogP) is 3.89. The van der Waals surface area contributed by atoms with E-state index in [2.05, 4.69) is 26.9 Å². The summed E-state index contributed by atoms with van der Waals surface area (Å²) in [6.07, 6.45) is 2.08. The molecule has 0 bridgehead atoms. The maximum atomic E-state index is 13.2. The molecule has 1 N–H and O–H groups in total. The number of tetrazole rings is 1. The highest BCUT2D eigenvalue weighted by molar-refractivity contribution is 5.89. The van der Waals surface area contributed by atoms with Crippen LogP contribution in [-0.4, -0.2) is 32.7 Å². The number of nitrogens with one attached hydrogen (secondary N) is 1. The number of nitrogens with zero attached hydrogens (tertiary/aromatic N) is 5. The van der Waals surface area contributed by atoms with Crippen molar-refractivity contribution in [3.8, 4) is 0 Å². The molecule has 170 valence electrons. The molecular weight excluding hydrogens is 431 g/mol. The largest absolute Gasteiger partial charge is 0.350 e. The maximum Gasteiger partial charge on any atom is 0.251 e. The van der Waals surface area contributed by atoms with E-state index in [-0.39, 0.29) is 24.3 Å². The molecule has 3 aromatic carbocycles. The van der Waals surface area contributed by atoms with Crippen LogP contribution in [0.4, 0.5) is 10.3 Å². The van der Waals surface area contributed by atoms with Crippen LogP contribution in [0.15, 0.2) is 84.9 Å². The summed E-state index contributed by atoms with van der Waals surface area (Å²) in [7, 11) is 0. The van der Waals surface area contributed by atoms with Crippen molar-refractivity contribution in [3.05, 3.63) is 113 Å². The molecule has 0 fully saturated rings. The lowest BCUT2D eigenvalue weighted by atomic mass is 10.00. The van der Waals surface area contributed by atoms with Crippen molar-refractivity contribution >= 4 is 17.6 Å². The molecule has 1 unspecified atom stereocenters. The number of benzene rings is 3. The Morgan fingerprint density at radius 2 is 1.74 bits per heavy atom. The molecule has 5 rings (SSSR count). The Bertz CT molecular complexity index is 1320. The zero-order valence-electron chi connectivity index (χ0n) is 18.6. The third-order valence-electron chi connectivity index (χ3n) is 5.78. The van der Waals surface area contributed by atoms with Gasteiger partial charge in [-0.2, -0.15) is 4.68 Å². The summed E-state index contributed by atoms with van der Waals surface area (Å²) in [5, 5.41) is 15.3. The first kappa shape index (κ1) is 21.5. The Hall–Kier alpha value is -4.33. The molecule has 0 aliphatic carbocycles. The number of hydrogen-bond donors (Lipinski definition) is 1. The van der Waals surface area contributed by atoms with Crippen LogP contribution in [-0.2, 0) is 11.3 Å². The number of rotatable bonds is 6. The van der Waals surface area contributed by atoms with Gasteiger partial charge < -0.3 is 5.32 Å². The van der Waals surface area contributed by atoms with Crippen molar-refractivity contribution in [2.24, 2.45) is 0 Å². The topological polar surface area (TPSA) is 75.9 Å². The van der Waals surface area contributed by atoms with Gasteiger partial charge in [-0.1, -0.05) is 77.4 Å². The van der Waals surface area contributed by atoms with Crippen LogP contribution < -0.4 is 10.2 Å². The highest BCUT2D eigenvalue weighted by atomic mass is 19.1. The Morgan fingerprint density at radius 1 is 1.00 bits per heavy atom. The van der Waals surface area contributed by atoms with Gasteiger partial charge in [-0.05, 0) is 52.2 Å². The number of hydrogen-bond acceptors (Lipinski definition) is 5. The van der Waals surface area contributed by atoms with E-state index >= 15 is 0 Å². The quantitative estimate of drug-likeness (QED) is 0.478. The summed E-state index contributed by atoms with van der Waals surface area (Å²) in [6, 6.07) is 24.0. The average Bonchev–Trinajstić information content (AvgIpc) is 3.35. The van der Waals surface area contributed by atoms with Crippen LogP contribution in [0.2, 0.25) is 0 Å². The van der Waals surface area contributed by atoms with Gasteiger partial charge in [-0.15, -0.1) is 0 Å². The molecule has 1 aliphatic heterocycles. The Labute approximate surface area is 196 Å². The number of halogens is 1. The average molecular weight is 455 g/mol. The molecule has 8 heteroatoms. The number of carbonyl (C=O) groups is 1. The molecule has 0 saturated heterocycles. The molecule has 1 aromatic heterocycles. The first-order chi connectivity index (χ1) is 16.6. The van der Waals surface area contributed by atoms with Gasteiger partial charge in [0, 0.05) is 6.54 Å². The van der Waals surface area contributed by atoms with E-state index < -0.39 is 0 Å². The van der Waals surface area contributed by atoms with Crippen molar-refractivity contribution in [1.82, 2.24) is 25.5 Å². The molecule has 1 aliphatic rings. The molecule has 4 aromatic rings. The van der Waals surface area contributed by atoms with Gasteiger partial charge in [-0.25, -0.2) is 4.39 Å². The minimum atomic E-state index is -0.309. The van der Waals surface area contributed by atoms with Crippen LogP contribution in [0, 0.1) is 12.7 Å². The second-order valence-corrected chi connectivity index (χ2v) is 8.19. The molecule has 1 atom stereocenters. The maximum absolute atomic E-state index is 13.2. The Balaban J connectivity index is 1.46. The lowest BCUT2D eigenvalue weighted by Crippen LogP contribution is -2.39. The van der Waals surface area contributed by atoms with Crippen LogP contribution in [0.1, 0.15) is 28.3 Å². The number of aryl methyl sites for hydroxylation is 1. The molecular formula is C26H23FN6O.